The lowest BCUT2D eigenvalue weighted by molar-refractivity contribution is 0.0868. The minimum absolute atomic E-state index is 0.0371. The first-order valence-corrected chi connectivity index (χ1v) is 10.7. The highest BCUT2D eigenvalue weighted by Gasteiger charge is 2.27. The van der Waals surface area contributed by atoms with Crippen LogP contribution in [0, 0.1) is 0 Å². The highest BCUT2D eigenvalue weighted by Crippen LogP contribution is 2.30. The number of anilines is 1. The van der Waals surface area contributed by atoms with E-state index in [-0.39, 0.29) is 29.8 Å². The first-order valence-electron chi connectivity index (χ1n) is 10.7. The van der Waals surface area contributed by atoms with E-state index in [0.29, 0.717) is 31.5 Å². The summed E-state index contributed by atoms with van der Waals surface area (Å²) in [6.45, 7) is 1.07. The quantitative estimate of drug-likeness (QED) is 0.597. The predicted octanol–water partition coefficient (Wildman–Crippen LogP) is 2.83. The monoisotopic (exact) mass is 424 g/mol. The van der Waals surface area contributed by atoms with Crippen LogP contribution in [0.4, 0.5) is 10.6 Å². The largest absolute Gasteiger partial charge is 0.465 e. The van der Waals surface area contributed by atoms with E-state index in [1.807, 2.05) is 24.3 Å². The summed E-state index contributed by atoms with van der Waals surface area (Å²) in [5.41, 5.74) is 9.14. The number of nitrogens with two attached hydrogens (primary N) is 1. The molecular formula is C23H28N4O4. The molecule has 4 rings (SSSR count). The summed E-state index contributed by atoms with van der Waals surface area (Å²) < 4.78 is 0. The maximum absolute atomic E-state index is 12.8. The van der Waals surface area contributed by atoms with Crippen molar-refractivity contribution in [3.05, 3.63) is 47.7 Å². The number of nitrogens with one attached hydrogen (secondary N) is 1. The van der Waals surface area contributed by atoms with E-state index in [0.717, 1.165) is 36.0 Å². The molecule has 1 aliphatic heterocycles. The van der Waals surface area contributed by atoms with Gasteiger partial charge in [-0.25, -0.2) is 9.78 Å². The highest BCUT2D eigenvalue weighted by molar-refractivity contribution is 5.99. The van der Waals surface area contributed by atoms with Gasteiger partial charge in [0, 0.05) is 36.8 Å². The lowest BCUT2D eigenvalue weighted by Gasteiger charge is -2.26. The molecular weight excluding hydrogens is 396 g/mol. The fourth-order valence-corrected chi connectivity index (χ4v) is 4.45. The van der Waals surface area contributed by atoms with Gasteiger partial charge in [0.05, 0.1) is 11.7 Å². The second kappa shape index (κ2) is 8.93. The molecule has 5 N–H and O–H groups in total. The molecule has 1 unspecified atom stereocenters. The van der Waals surface area contributed by atoms with Crippen LogP contribution in [0.5, 0.6) is 0 Å². The summed E-state index contributed by atoms with van der Waals surface area (Å²) in [7, 11) is 0. The Labute approximate surface area is 181 Å². The molecule has 0 radical (unpaired) electrons. The molecule has 1 aromatic carbocycles. The molecule has 1 atom stereocenters. The van der Waals surface area contributed by atoms with Crippen molar-refractivity contribution in [2.45, 2.75) is 50.2 Å². The van der Waals surface area contributed by atoms with Gasteiger partial charge in [-0.1, -0.05) is 24.3 Å². The average Bonchev–Trinajstić information content (AvgIpc) is 3.26. The number of benzene rings is 1. The summed E-state index contributed by atoms with van der Waals surface area (Å²) in [4.78, 5) is 29.6. The second-order valence-corrected chi connectivity index (χ2v) is 8.47. The average molecular weight is 425 g/mol. The van der Waals surface area contributed by atoms with E-state index in [1.54, 1.807) is 12.3 Å². The van der Waals surface area contributed by atoms with Crippen molar-refractivity contribution >= 4 is 17.8 Å². The lowest BCUT2D eigenvalue weighted by atomic mass is 9.93. The molecule has 2 fully saturated rings. The van der Waals surface area contributed by atoms with Crippen LogP contribution >= 0.6 is 0 Å². The maximum atomic E-state index is 12.8. The van der Waals surface area contributed by atoms with Crippen molar-refractivity contribution in [1.82, 2.24) is 15.2 Å². The van der Waals surface area contributed by atoms with Crippen molar-refractivity contribution in [3.63, 3.8) is 0 Å². The number of aromatic nitrogens is 1. The van der Waals surface area contributed by atoms with Crippen LogP contribution in [-0.2, 0) is 0 Å². The third kappa shape index (κ3) is 4.80. The lowest BCUT2D eigenvalue weighted by Crippen LogP contribution is -2.38. The molecule has 0 spiro atoms. The third-order valence-electron chi connectivity index (χ3n) is 6.37. The Kier molecular flexibility index (Phi) is 6.08. The van der Waals surface area contributed by atoms with Gasteiger partial charge in [0.2, 0.25) is 0 Å². The molecule has 1 saturated carbocycles. The van der Waals surface area contributed by atoms with Crippen molar-refractivity contribution in [3.8, 4) is 11.1 Å². The zero-order valence-corrected chi connectivity index (χ0v) is 17.3. The maximum Gasteiger partial charge on any atom is 0.407 e. The van der Waals surface area contributed by atoms with Crippen LogP contribution in [0.15, 0.2) is 36.5 Å². The topological polar surface area (TPSA) is 129 Å². The van der Waals surface area contributed by atoms with E-state index in [9.17, 15) is 14.7 Å². The van der Waals surface area contributed by atoms with Crippen LogP contribution in [0.1, 0.15) is 53.9 Å². The Hall–Kier alpha value is -3.13. The molecule has 8 nitrogen and oxygen atoms in total. The summed E-state index contributed by atoms with van der Waals surface area (Å²) in [6.07, 6.45) is 4.21. The van der Waals surface area contributed by atoms with Crippen molar-refractivity contribution < 1.29 is 19.8 Å². The minimum Gasteiger partial charge on any atom is -0.465 e. The van der Waals surface area contributed by atoms with Crippen LogP contribution in [0.25, 0.3) is 11.1 Å². The number of likely N-dealkylation sites (tertiary alicyclic amines) is 1. The zero-order valence-electron chi connectivity index (χ0n) is 17.3. The number of rotatable bonds is 4. The van der Waals surface area contributed by atoms with E-state index in [4.69, 9.17) is 10.8 Å². The first kappa shape index (κ1) is 21.1. The van der Waals surface area contributed by atoms with E-state index < -0.39 is 6.09 Å². The predicted molar refractivity (Wildman–Crippen MR) is 117 cm³/mol. The fraction of sp³-hybridized carbons (Fsp3) is 0.435. The van der Waals surface area contributed by atoms with E-state index in [2.05, 4.69) is 10.3 Å². The molecule has 1 aliphatic carbocycles. The summed E-state index contributed by atoms with van der Waals surface area (Å²) >= 11 is 0. The fourth-order valence-electron chi connectivity index (χ4n) is 4.45. The number of carboxylic acid groups (broad SMARTS) is 1. The van der Waals surface area contributed by atoms with Gasteiger partial charge in [0.15, 0.2) is 0 Å². The number of hydrogen-bond acceptors (Lipinski definition) is 5. The molecule has 2 aliphatic rings. The Morgan fingerprint density at radius 3 is 2.42 bits per heavy atom. The smallest absolute Gasteiger partial charge is 0.407 e. The van der Waals surface area contributed by atoms with Gasteiger partial charge in [0.25, 0.3) is 5.91 Å². The standard InChI is InChI=1S/C23H28N4O4/c24-21-20(22(29)26-18-5-7-19(28)8-6-18)11-17(12-25-21)15-3-1-14(2-4-15)16-9-10-27(13-16)23(30)31/h1-4,11-12,16,18-19,28H,5-10,13H2,(H2,24,25)(H,26,29)(H,30,31)/t16?,18-,19-. The number of nitrogen functional groups attached to an aromatic ring is 1. The summed E-state index contributed by atoms with van der Waals surface area (Å²) in [5.74, 6) is 0.142. The van der Waals surface area contributed by atoms with E-state index >= 15 is 0 Å². The zero-order chi connectivity index (χ0) is 22.0. The number of aliphatic hydroxyl groups excluding tert-OH is 1. The van der Waals surface area contributed by atoms with Crippen LogP contribution in [0.2, 0.25) is 0 Å². The summed E-state index contributed by atoms with van der Waals surface area (Å²) in [5, 5.41) is 21.8. The number of hydrogen-bond donors (Lipinski definition) is 4. The van der Waals surface area contributed by atoms with Crippen molar-refractivity contribution in [2.24, 2.45) is 0 Å². The number of pyridine rings is 1. The van der Waals surface area contributed by atoms with Gasteiger partial charge >= 0.3 is 6.09 Å². The van der Waals surface area contributed by atoms with Crippen LogP contribution in [-0.4, -0.2) is 57.3 Å². The molecule has 0 bridgehead atoms. The third-order valence-corrected chi connectivity index (χ3v) is 6.37. The molecule has 8 heteroatoms. The van der Waals surface area contributed by atoms with Gasteiger partial charge in [0.1, 0.15) is 5.82 Å². The normalized spacial score (nSPS) is 23.5. The first-order chi connectivity index (χ1) is 14.9. The Morgan fingerprint density at radius 1 is 1.06 bits per heavy atom. The van der Waals surface area contributed by atoms with Gasteiger partial charge in [-0.3, -0.25) is 4.79 Å². The molecule has 1 aromatic heterocycles. The number of carbonyl (C=O) groups is 2. The Morgan fingerprint density at radius 2 is 1.77 bits per heavy atom. The van der Waals surface area contributed by atoms with Gasteiger partial charge in [-0.05, 0) is 49.3 Å². The minimum atomic E-state index is -0.873. The Bertz CT molecular complexity index is 955. The summed E-state index contributed by atoms with van der Waals surface area (Å²) in [6, 6.07) is 9.75. The number of carbonyl (C=O) groups excluding carboxylic acids is 1. The molecule has 2 amide bonds. The van der Waals surface area contributed by atoms with Crippen LogP contribution < -0.4 is 11.1 Å². The van der Waals surface area contributed by atoms with Gasteiger partial charge in [-0.15, -0.1) is 0 Å². The number of amides is 2. The molecule has 1 saturated heterocycles. The van der Waals surface area contributed by atoms with Crippen LogP contribution in [0.3, 0.4) is 0 Å². The number of nitrogens with zero attached hydrogens (tertiary/aromatic N) is 2. The Balaban J connectivity index is 1.46. The van der Waals surface area contributed by atoms with Crippen molar-refractivity contribution in [1.29, 1.82) is 0 Å². The van der Waals surface area contributed by atoms with Gasteiger partial charge in [-0.2, -0.15) is 0 Å². The second-order valence-electron chi connectivity index (χ2n) is 8.47. The van der Waals surface area contributed by atoms with Gasteiger partial charge < -0.3 is 26.2 Å². The molecule has 31 heavy (non-hydrogen) atoms. The number of aliphatic hydroxyl groups is 1. The molecule has 2 aromatic rings. The molecule has 164 valence electrons. The highest BCUT2D eigenvalue weighted by atomic mass is 16.4. The SMILES string of the molecule is Nc1ncc(-c2ccc(C3CCN(C(=O)O)C3)cc2)cc1C(=O)N[C@H]1CC[C@H](O)CC1. The van der Waals surface area contributed by atoms with Crippen molar-refractivity contribution in [2.75, 3.05) is 18.8 Å². The van der Waals surface area contributed by atoms with E-state index in [1.165, 1.54) is 4.90 Å². The molecule has 2 heterocycles.